The van der Waals surface area contributed by atoms with Gasteiger partial charge in [0.1, 0.15) is 12.0 Å². The molecule has 0 fully saturated rings. The molecule has 0 N–H and O–H groups in total. The van der Waals surface area contributed by atoms with E-state index in [1.54, 1.807) is 35.4 Å². The van der Waals surface area contributed by atoms with E-state index >= 15 is 0 Å². The van der Waals surface area contributed by atoms with Crippen LogP contribution in [0.15, 0.2) is 60.1 Å². The summed E-state index contributed by atoms with van der Waals surface area (Å²) in [5.74, 6) is 0.530. The summed E-state index contributed by atoms with van der Waals surface area (Å²) in [4.78, 5) is 19.2. The molecule has 0 spiro atoms. The van der Waals surface area contributed by atoms with Crippen LogP contribution in [-0.2, 0) is 18.0 Å². The molecule has 5 rings (SSSR count). The lowest BCUT2D eigenvalue weighted by atomic mass is 10.2. The third kappa shape index (κ3) is 3.80. The third-order valence-corrected chi connectivity index (χ3v) is 5.63. The molecule has 4 heterocycles. The molecule has 0 saturated heterocycles. The molecule has 0 unspecified atom stereocenters. The molecule has 0 saturated carbocycles. The van der Waals surface area contributed by atoms with Crippen LogP contribution in [0.25, 0.3) is 16.7 Å². The summed E-state index contributed by atoms with van der Waals surface area (Å²) < 4.78 is 3.84. The Morgan fingerprint density at radius 3 is 2.69 bits per heavy atom. The molecule has 0 radical (unpaired) electrons. The van der Waals surface area contributed by atoms with E-state index in [-0.39, 0.29) is 6.61 Å². The number of nitrogens with zero attached hydrogens (tertiary/aromatic N) is 7. The summed E-state index contributed by atoms with van der Waals surface area (Å²) >= 11 is 5.89. The Morgan fingerprint density at radius 1 is 1.06 bits per heavy atom. The molecule has 4 aromatic heterocycles. The van der Waals surface area contributed by atoms with Crippen molar-refractivity contribution >= 4 is 34.5 Å². The number of pyridine rings is 1. The monoisotopic (exact) mass is 445 g/mol. The maximum Gasteiger partial charge on any atom is 0.192 e. The molecular formula is C23H20ClN7O. The lowest BCUT2D eigenvalue weighted by Crippen LogP contribution is -2.04. The van der Waals surface area contributed by atoms with Crippen molar-refractivity contribution in [2.45, 2.75) is 27.0 Å². The zero-order valence-corrected chi connectivity index (χ0v) is 18.4. The molecule has 0 atom stereocenters. The number of halogens is 1. The third-order valence-electron chi connectivity index (χ3n) is 5.38. The summed E-state index contributed by atoms with van der Waals surface area (Å²) in [6.07, 6.45) is 5.10. The van der Waals surface area contributed by atoms with Crippen LogP contribution in [0.2, 0.25) is 5.02 Å². The van der Waals surface area contributed by atoms with Crippen molar-refractivity contribution in [1.82, 2.24) is 29.1 Å². The van der Waals surface area contributed by atoms with Crippen molar-refractivity contribution in [3.63, 3.8) is 0 Å². The van der Waals surface area contributed by atoms with E-state index in [0.717, 1.165) is 39.2 Å². The van der Waals surface area contributed by atoms with Crippen LogP contribution in [0.1, 0.15) is 28.3 Å². The first-order valence-corrected chi connectivity index (χ1v) is 10.5. The molecule has 5 aromatic rings. The van der Waals surface area contributed by atoms with Gasteiger partial charge in [-0.15, -0.1) is 5.10 Å². The Bertz CT molecular complexity index is 1420. The Balaban J connectivity index is 1.41. The van der Waals surface area contributed by atoms with Gasteiger partial charge in [-0.05, 0) is 49.2 Å². The SMILES string of the molecule is Cc1c(C)n(Cc2ccccn2)c2ncn3nc(CO/N=C\c4ccc(Cl)cc4)nc3c12. The molecule has 0 aliphatic heterocycles. The summed E-state index contributed by atoms with van der Waals surface area (Å²) in [5, 5.41) is 10.1. The number of rotatable bonds is 6. The Hall–Kier alpha value is -3.78. The van der Waals surface area contributed by atoms with Gasteiger partial charge in [0.05, 0.1) is 23.8 Å². The topological polar surface area (TPSA) is 82.5 Å². The molecule has 0 amide bonds. The minimum Gasteiger partial charge on any atom is -0.387 e. The van der Waals surface area contributed by atoms with Gasteiger partial charge in [0.15, 0.2) is 18.1 Å². The lowest BCUT2D eigenvalue weighted by Gasteiger charge is -2.07. The molecule has 0 aliphatic carbocycles. The Kier molecular flexibility index (Phi) is 5.28. The van der Waals surface area contributed by atoms with Crippen molar-refractivity contribution in [3.05, 3.63) is 88.4 Å². The van der Waals surface area contributed by atoms with Crippen LogP contribution in [0.3, 0.4) is 0 Å². The molecule has 1 aromatic carbocycles. The minimum atomic E-state index is 0.153. The average Bonchev–Trinajstić information content (AvgIpc) is 3.33. The van der Waals surface area contributed by atoms with E-state index in [9.17, 15) is 0 Å². The van der Waals surface area contributed by atoms with Gasteiger partial charge in [0, 0.05) is 16.9 Å². The number of aryl methyl sites for hydroxylation is 1. The molecule has 9 heteroatoms. The van der Waals surface area contributed by atoms with Gasteiger partial charge in [0.2, 0.25) is 0 Å². The van der Waals surface area contributed by atoms with Crippen molar-refractivity contribution in [1.29, 1.82) is 0 Å². The quantitative estimate of drug-likeness (QED) is 0.287. The van der Waals surface area contributed by atoms with Gasteiger partial charge in [-0.3, -0.25) is 4.98 Å². The van der Waals surface area contributed by atoms with Gasteiger partial charge in [-0.1, -0.05) is 35.0 Å². The first kappa shape index (κ1) is 20.1. The van der Waals surface area contributed by atoms with Crippen LogP contribution in [0, 0.1) is 13.8 Å². The zero-order chi connectivity index (χ0) is 22.1. The van der Waals surface area contributed by atoms with Crippen LogP contribution in [0.5, 0.6) is 0 Å². The minimum absolute atomic E-state index is 0.153. The number of oxime groups is 1. The second kappa shape index (κ2) is 8.39. The lowest BCUT2D eigenvalue weighted by molar-refractivity contribution is 0.126. The smallest absolute Gasteiger partial charge is 0.192 e. The molecule has 160 valence electrons. The maximum absolute atomic E-state index is 5.89. The summed E-state index contributed by atoms with van der Waals surface area (Å²) in [6.45, 7) is 4.96. The second-order valence-corrected chi connectivity index (χ2v) is 7.85. The first-order chi connectivity index (χ1) is 15.6. The molecular weight excluding hydrogens is 426 g/mol. The van der Waals surface area contributed by atoms with E-state index < -0.39 is 0 Å². The highest BCUT2D eigenvalue weighted by Gasteiger charge is 2.18. The molecule has 0 bridgehead atoms. The highest BCUT2D eigenvalue weighted by atomic mass is 35.5. The zero-order valence-electron chi connectivity index (χ0n) is 17.6. The van der Waals surface area contributed by atoms with Gasteiger partial charge < -0.3 is 9.40 Å². The number of hydrogen-bond donors (Lipinski definition) is 0. The van der Waals surface area contributed by atoms with Gasteiger partial charge in [-0.25, -0.2) is 14.5 Å². The number of fused-ring (bicyclic) bond motifs is 3. The van der Waals surface area contributed by atoms with Crippen molar-refractivity contribution < 1.29 is 4.84 Å². The van der Waals surface area contributed by atoms with Crippen molar-refractivity contribution in [2.24, 2.45) is 5.16 Å². The predicted octanol–water partition coefficient (Wildman–Crippen LogP) is 4.34. The van der Waals surface area contributed by atoms with Crippen molar-refractivity contribution in [3.8, 4) is 0 Å². The van der Waals surface area contributed by atoms with Crippen LogP contribution < -0.4 is 0 Å². The van der Waals surface area contributed by atoms with E-state index in [1.165, 1.54) is 0 Å². The second-order valence-electron chi connectivity index (χ2n) is 7.42. The fraction of sp³-hybridized carbons (Fsp3) is 0.174. The van der Waals surface area contributed by atoms with Crippen LogP contribution in [0.4, 0.5) is 0 Å². The summed E-state index contributed by atoms with van der Waals surface area (Å²) in [6, 6.07) is 13.2. The van der Waals surface area contributed by atoms with Gasteiger partial charge in [-0.2, -0.15) is 0 Å². The Labute approximate surface area is 189 Å². The van der Waals surface area contributed by atoms with E-state index in [4.69, 9.17) is 16.4 Å². The number of hydrogen-bond acceptors (Lipinski definition) is 6. The predicted molar refractivity (Wildman–Crippen MR) is 123 cm³/mol. The maximum atomic E-state index is 5.89. The highest BCUT2D eigenvalue weighted by molar-refractivity contribution is 6.30. The van der Waals surface area contributed by atoms with E-state index in [0.29, 0.717) is 17.4 Å². The molecule has 32 heavy (non-hydrogen) atoms. The molecule has 0 aliphatic rings. The fourth-order valence-electron chi connectivity index (χ4n) is 3.62. The highest BCUT2D eigenvalue weighted by Crippen LogP contribution is 2.27. The molecule has 8 nitrogen and oxygen atoms in total. The summed E-state index contributed by atoms with van der Waals surface area (Å²) in [7, 11) is 0. The fourth-order valence-corrected chi connectivity index (χ4v) is 3.75. The summed E-state index contributed by atoms with van der Waals surface area (Å²) in [5.41, 5.74) is 5.72. The number of benzene rings is 1. The van der Waals surface area contributed by atoms with Gasteiger partial charge >= 0.3 is 0 Å². The van der Waals surface area contributed by atoms with Gasteiger partial charge in [0.25, 0.3) is 0 Å². The Morgan fingerprint density at radius 2 is 1.91 bits per heavy atom. The van der Waals surface area contributed by atoms with Crippen molar-refractivity contribution in [2.75, 3.05) is 0 Å². The van der Waals surface area contributed by atoms with Crippen LogP contribution >= 0.6 is 11.6 Å². The number of aromatic nitrogens is 6. The van der Waals surface area contributed by atoms with Crippen LogP contribution in [-0.4, -0.2) is 35.3 Å². The average molecular weight is 446 g/mol. The largest absolute Gasteiger partial charge is 0.387 e. The van der Waals surface area contributed by atoms with E-state index in [1.807, 2.05) is 30.3 Å². The normalized spacial score (nSPS) is 11.7. The van der Waals surface area contributed by atoms with E-state index in [2.05, 4.69) is 43.6 Å². The standard InChI is InChI=1S/C23H20ClN7O/c1-15-16(2)30(12-19-5-3-4-10-25-19)22-21(15)23-28-20(29-31(23)14-26-22)13-32-27-11-17-6-8-18(24)9-7-17/h3-11,14H,12-13H2,1-2H3/b27-11-. The first-order valence-electron chi connectivity index (χ1n) is 10.1.